The molecule has 2 aromatic rings. The van der Waals surface area contributed by atoms with Crippen molar-refractivity contribution >= 4 is 55.7 Å². The third-order valence-electron chi connectivity index (χ3n) is 6.13. The van der Waals surface area contributed by atoms with Gasteiger partial charge in [0.1, 0.15) is 12.2 Å². The molecule has 0 aliphatic rings. The molecule has 0 unspecified atom stereocenters. The molecule has 2 N–H and O–H groups in total. The summed E-state index contributed by atoms with van der Waals surface area (Å²) in [6.45, 7) is 8.77. The molecule has 0 heterocycles. The fraction of sp³-hybridized carbons (Fsp3) is 0.533. The molecule has 0 aliphatic carbocycles. The maximum atomic E-state index is 10.4. The number of rotatable bonds is 18. The Bertz CT molecular complexity index is 935. The van der Waals surface area contributed by atoms with Gasteiger partial charge in [0, 0.05) is 31.8 Å². The van der Waals surface area contributed by atoms with E-state index in [4.69, 9.17) is 0 Å². The zero-order valence-corrected chi connectivity index (χ0v) is 31.2. The number of benzene rings is 2. The molecule has 0 saturated carbocycles. The van der Waals surface area contributed by atoms with Gasteiger partial charge in [-0.05, 0) is 107 Å². The summed E-state index contributed by atoms with van der Waals surface area (Å²) in [6, 6.07) is 12.6. The van der Waals surface area contributed by atoms with Crippen LogP contribution in [0.15, 0.2) is 46.2 Å². The van der Waals surface area contributed by atoms with Crippen LogP contribution >= 0.6 is 43.5 Å². The predicted molar refractivity (Wildman–Crippen MR) is 171 cm³/mol. The smallest absolute Gasteiger partial charge is 0.529 e. The van der Waals surface area contributed by atoms with E-state index in [1.807, 2.05) is 0 Å². The second-order valence-corrected chi connectivity index (χ2v) is 13.3. The molecule has 11 heteroatoms. The van der Waals surface area contributed by atoms with Gasteiger partial charge in [-0.2, -0.15) is 0 Å². The maximum absolute atomic E-state index is 10.4. The van der Waals surface area contributed by atoms with Gasteiger partial charge in [0.15, 0.2) is 0 Å². The summed E-state index contributed by atoms with van der Waals surface area (Å²) in [4.78, 5) is 23.1. The molecule has 0 bridgehead atoms. The Labute approximate surface area is 276 Å². The molecule has 0 radical (unpaired) electrons. The van der Waals surface area contributed by atoms with Crippen LogP contribution < -0.4 is 19.7 Å². The Morgan fingerprint density at radius 3 is 1.27 bits per heavy atom. The predicted octanol–water partition coefficient (Wildman–Crippen LogP) is 7.92. The Balaban J connectivity index is 0.000000762. The third-order valence-corrected chi connectivity index (χ3v) is 10.0. The minimum absolute atomic E-state index is 0. The van der Waals surface area contributed by atoms with Gasteiger partial charge in [0.05, 0.1) is 0 Å². The maximum Gasteiger partial charge on any atom is 2.00 e. The topological polar surface area (TPSA) is 104 Å². The Kier molecular flexibility index (Phi) is 24.9. The van der Waals surface area contributed by atoms with Crippen LogP contribution in [0.4, 0.5) is 9.59 Å². The Morgan fingerprint density at radius 1 is 0.610 bits per heavy atom. The van der Waals surface area contributed by atoms with Gasteiger partial charge >= 0.3 is 19.5 Å². The first-order valence-corrected chi connectivity index (χ1v) is 18.5. The third kappa shape index (κ3) is 17.7. The summed E-state index contributed by atoms with van der Waals surface area (Å²) in [7, 11) is 5.11. The summed E-state index contributed by atoms with van der Waals surface area (Å²) < 4.78 is 4.45. The number of nitrogens with one attached hydrogen (secondary N) is 2. The van der Waals surface area contributed by atoms with Crippen LogP contribution in [0.3, 0.4) is 0 Å². The van der Waals surface area contributed by atoms with E-state index in [2.05, 4.69) is 73.5 Å². The van der Waals surface area contributed by atoms with E-state index >= 15 is 0 Å². The SMILES string of the molecule is CCCCc1cccc(SSNC(=O)[O-])c1CCCC.CCCCc1cccc(SSNC(=O)[O-])c1CCCC.[Zn+2]. The molecule has 0 aliphatic heterocycles. The zero-order valence-electron chi connectivity index (χ0n) is 24.9. The van der Waals surface area contributed by atoms with Gasteiger partial charge in [0.2, 0.25) is 0 Å². The molecule has 0 fully saturated rings. The van der Waals surface area contributed by atoms with E-state index < -0.39 is 12.2 Å². The molecule has 2 amide bonds. The van der Waals surface area contributed by atoms with E-state index in [0.29, 0.717) is 0 Å². The molecule has 0 atom stereocenters. The van der Waals surface area contributed by atoms with Crippen LogP contribution in [-0.2, 0) is 45.2 Å². The number of unbranched alkanes of at least 4 members (excludes halogenated alkanes) is 4. The van der Waals surface area contributed by atoms with Gasteiger partial charge < -0.3 is 29.2 Å². The van der Waals surface area contributed by atoms with E-state index in [-0.39, 0.29) is 19.5 Å². The largest absolute Gasteiger partial charge is 2.00 e. The van der Waals surface area contributed by atoms with E-state index in [0.717, 1.165) is 83.1 Å². The molecule has 41 heavy (non-hydrogen) atoms. The number of hydrogen-bond donors (Lipinski definition) is 2. The number of hydrogen-bond acceptors (Lipinski definition) is 8. The van der Waals surface area contributed by atoms with E-state index in [1.54, 1.807) is 0 Å². The van der Waals surface area contributed by atoms with E-state index in [9.17, 15) is 19.8 Å². The van der Waals surface area contributed by atoms with Gasteiger partial charge in [-0.1, -0.05) is 77.6 Å². The molecule has 0 saturated heterocycles. The van der Waals surface area contributed by atoms with Gasteiger partial charge in [-0.25, -0.2) is 0 Å². The average molecular weight is 690 g/mol. The number of carbonyl (C=O) groups excluding carboxylic acids is 2. The number of carbonyl (C=O) groups is 2. The van der Waals surface area contributed by atoms with Crippen molar-refractivity contribution in [3.8, 4) is 0 Å². The van der Waals surface area contributed by atoms with Crippen molar-refractivity contribution in [3.05, 3.63) is 58.7 Å². The van der Waals surface area contributed by atoms with Gasteiger partial charge in [0.25, 0.3) is 0 Å². The summed E-state index contributed by atoms with van der Waals surface area (Å²) in [5.74, 6) is 0. The summed E-state index contributed by atoms with van der Waals surface area (Å²) in [5, 5.41) is 20.8. The second kappa shape index (κ2) is 25.5. The van der Waals surface area contributed by atoms with Crippen LogP contribution in [0, 0.1) is 0 Å². The number of carboxylic acid groups (broad SMARTS) is 2. The minimum Gasteiger partial charge on any atom is -0.529 e. The monoisotopic (exact) mass is 688 g/mol. The van der Waals surface area contributed by atoms with Crippen molar-refractivity contribution in [3.63, 3.8) is 0 Å². The number of aryl methyl sites for hydroxylation is 2. The van der Waals surface area contributed by atoms with Crippen molar-refractivity contribution < 1.29 is 39.3 Å². The Hall–Kier alpha value is -0.997. The van der Waals surface area contributed by atoms with Crippen molar-refractivity contribution in [2.75, 3.05) is 0 Å². The molecule has 224 valence electrons. The molecule has 2 aromatic carbocycles. The summed E-state index contributed by atoms with van der Waals surface area (Å²) in [6.07, 6.45) is 11.2. The Morgan fingerprint density at radius 2 is 0.951 bits per heavy atom. The first-order chi connectivity index (χ1) is 19.4. The fourth-order valence-corrected chi connectivity index (χ4v) is 7.52. The first-order valence-electron chi connectivity index (χ1n) is 14.2. The molecule has 0 aromatic heterocycles. The van der Waals surface area contributed by atoms with Crippen molar-refractivity contribution in [2.24, 2.45) is 0 Å². The standard InChI is InChI=1S/2C15H23NO2S2.Zn/c2*1-3-5-8-12-9-7-11-14(13(12)10-6-4-2)19-20-16-15(17)18;/h2*7,9,11,16H,3-6,8,10H2,1-2H3,(H,17,18);/q;;+2/p-2. The van der Waals surface area contributed by atoms with Crippen LogP contribution in [0.1, 0.15) is 101 Å². The molecular weight excluding hydrogens is 646 g/mol. The van der Waals surface area contributed by atoms with Crippen molar-refractivity contribution in [2.45, 2.75) is 115 Å². The molecular formula is C30H44N2O4S4Zn. The zero-order chi connectivity index (χ0) is 29.6. The fourth-order valence-electron chi connectivity index (χ4n) is 4.06. The second-order valence-electron chi connectivity index (χ2n) is 9.31. The van der Waals surface area contributed by atoms with Crippen LogP contribution in [-0.4, -0.2) is 12.2 Å². The quantitative estimate of drug-likeness (QED) is 0.0925. The van der Waals surface area contributed by atoms with E-state index in [1.165, 1.54) is 69.5 Å². The number of amides is 2. The van der Waals surface area contributed by atoms with Crippen LogP contribution in [0.2, 0.25) is 0 Å². The van der Waals surface area contributed by atoms with Crippen molar-refractivity contribution in [1.82, 2.24) is 9.44 Å². The normalized spacial score (nSPS) is 10.2. The van der Waals surface area contributed by atoms with Gasteiger partial charge in [-0.3, -0.25) is 0 Å². The molecule has 2 rings (SSSR count). The van der Waals surface area contributed by atoms with Gasteiger partial charge in [-0.15, -0.1) is 0 Å². The minimum atomic E-state index is -1.25. The summed E-state index contributed by atoms with van der Waals surface area (Å²) in [5.41, 5.74) is 5.56. The van der Waals surface area contributed by atoms with Crippen LogP contribution in [0.5, 0.6) is 0 Å². The molecule has 6 nitrogen and oxygen atoms in total. The summed E-state index contributed by atoms with van der Waals surface area (Å²) >= 11 is 0. The van der Waals surface area contributed by atoms with Crippen molar-refractivity contribution in [1.29, 1.82) is 0 Å². The molecule has 0 spiro atoms. The first kappa shape index (κ1) is 40.0. The average Bonchev–Trinajstić information content (AvgIpc) is 2.93. The van der Waals surface area contributed by atoms with Crippen LogP contribution in [0.25, 0.3) is 0 Å².